The van der Waals surface area contributed by atoms with E-state index in [-0.39, 0.29) is 41.8 Å². The number of hydrogen-bond acceptors (Lipinski definition) is 4. The molecular weight excluding hydrogens is 356 g/mol. The van der Waals surface area contributed by atoms with E-state index in [0.29, 0.717) is 18.7 Å². The van der Waals surface area contributed by atoms with Gasteiger partial charge in [0.2, 0.25) is 11.8 Å². The molecule has 1 saturated carbocycles. The molecule has 150 valence electrons. The predicted octanol–water partition coefficient (Wildman–Crippen LogP) is 1.05. The second-order valence-corrected chi connectivity index (χ2v) is 8.85. The molecule has 3 N–H and O–H groups in total. The monoisotopic (exact) mass is 384 g/mol. The van der Waals surface area contributed by atoms with Crippen LogP contribution in [0.4, 0.5) is 0 Å². The summed E-state index contributed by atoms with van der Waals surface area (Å²) in [5, 5.41) is 2.78. The van der Waals surface area contributed by atoms with Crippen molar-refractivity contribution in [1.82, 2.24) is 15.1 Å². The summed E-state index contributed by atoms with van der Waals surface area (Å²) in [5.41, 5.74) is 7.32. The summed E-state index contributed by atoms with van der Waals surface area (Å²) in [6.07, 6.45) is 2.60. The van der Waals surface area contributed by atoms with Crippen LogP contribution in [0.5, 0.6) is 0 Å². The SMILES string of the molecule is CC1(C)CN(C(=O)CNC(=O)C2c3ccccc3C(=O)N2C2CC2)CCC1N. The highest BCUT2D eigenvalue weighted by Crippen LogP contribution is 2.41. The van der Waals surface area contributed by atoms with E-state index in [1.54, 1.807) is 15.9 Å². The molecule has 1 aliphatic carbocycles. The van der Waals surface area contributed by atoms with Crippen molar-refractivity contribution >= 4 is 17.7 Å². The normalized spacial score (nSPS) is 26.2. The zero-order valence-corrected chi connectivity index (χ0v) is 16.5. The molecule has 2 atom stereocenters. The van der Waals surface area contributed by atoms with E-state index >= 15 is 0 Å². The summed E-state index contributed by atoms with van der Waals surface area (Å²) >= 11 is 0. The van der Waals surface area contributed by atoms with E-state index < -0.39 is 6.04 Å². The Hall–Kier alpha value is -2.41. The fourth-order valence-corrected chi connectivity index (χ4v) is 4.29. The van der Waals surface area contributed by atoms with Crippen LogP contribution in [0.2, 0.25) is 0 Å². The third kappa shape index (κ3) is 3.28. The van der Waals surface area contributed by atoms with Crippen molar-refractivity contribution in [2.75, 3.05) is 19.6 Å². The lowest BCUT2D eigenvalue weighted by molar-refractivity contribution is -0.136. The summed E-state index contributed by atoms with van der Waals surface area (Å²) in [4.78, 5) is 41.8. The number of nitrogens with one attached hydrogen (secondary N) is 1. The van der Waals surface area contributed by atoms with E-state index in [4.69, 9.17) is 5.73 Å². The maximum absolute atomic E-state index is 13.0. The van der Waals surface area contributed by atoms with Gasteiger partial charge in [-0.15, -0.1) is 0 Å². The largest absolute Gasteiger partial charge is 0.345 e. The number of likely N-dealkylation sites (tertiary alicyclic amines) is 1. The molecule has 2 unspecified atom stereocenters. The molecule has 0 spiro atoms. The number of amides is 3. The number of rotatable bonds is 4. The molecule has 2 fully saturated rings. The molecule has 2 heterocycles. The summed E-state index contributed by atoms with van der Waals surface area (Å²) in [6, 6.07) is 6.80. The Kier molecular flexibility index (Phi) is 4.65. The van der Waals surface area contributed by atoms with E-state index in [2.05, 4.69) is 19.2 Å². The quantitative estimate of drug-likeness (QED) is 0.811. The fraction of sp³-hybridized carbons (Fsp3) is 0.571. The lowest BCUT2D eigenvalue weighted by atomic mass is 9.79. The van der Waals surface area contributed by atoms with Crippen LogP contribution in [-0.2, 0) is 9.59 Å². The summed E-state index contributed by atoms with van der Waals surface area (Å²) in [7, 11) is 0. The minimum atomic E-state index is -0.643. The highest BCUT2D eigenvalue weighted by Gasteiger charge is 2.47. The van der Waals surface area contributed by atoms with Crippen LogP contribution >= 0.6 is 0 Å². The van der Waals surface area contributed by atoms with Gasteiger partial charge < -0.3 is 20.9 Å². The first-order valence-corrected chi connectivity index (χ1v) is 10.0. The number of nitrogens with zero attached hydrogens (tertiary/aromatic N) is 2. The van der Waals surface area contributed by atoms with Gasteiger partial charge in [0, 0.05) is 30.7 Å². The van der Waals surface area contributed by atoms with Crippen LogP contribution in [-0.4, -0.2) is 59.2 Å². The number of carbonyl (C=O) groups is 3. The Labute approximate surface area is 165 Å². The zero-order valence-electron chi connectivity index (χ0n) is 16.5. The van der Waals surface area contributed by atoms with Gasteiger partial charge in [-0.05, 0) is 36.3 Å². The van der Waals surface area contributed by atoms with Crippen molar-refractivity contribution in [3.63, 3.8) is 0 Å². The maximum Gasteiger partial charge on any atom is 0.255 e. The Balaban J connectivity index is 1.43. The molecule has 7 heteroatoms. The predicted molar refractivity (Wildman–Crippen MR) is 104 cm³/mol. The second kappa shape index (κ2) is 6.88. The molecule has 0 radical (unpaired) electrons. The number of carbonyl (C=O) groups excluding carboxylic acids is 3. The van der Waals surface area contributed by atoms with Crippen LogP contribution in [0.15, 0.2) is 24.3 Å². The van der Waals surface area contributed by atoms with E-state index in [9.17, 15) is 14.4 Å². The average Bonchev–Trinajstić information content (AvgIpc) is 3.46. The summed E-state index contributed by atoms with van der Waals surface area (Å²) in [5.74, 6) is -0.480. The Morgan fingerprint density at radius 3 is 2.61 bits per heavy atom. The third-order valence-corrected chi connectivity index (χ3v) is 6.27. The molecule has 0 aromatic heterocycles. The molecule has 1 saturated heterocycles. The molecule has 7 nitrogen and oxygen atoms in total. The van der Waals surface area contributed by atoms with Gasteiger partial charge in [0.15, 0.2) is 0 Å². The van der Waals surface area contributed by atoms with Gasteiger partial charge in [-0.25, -0.2) is 0 Å². The lowest BCUT2D eigenvalue weighted by Gasteiger charge is -2.42. The van der Waals surface area contributed by atoms with Crippen LogP contribution in [0.25, 0.3) is 0 Å². The molecule has 2 aliphatic heterocycles. The fourth-order valence-electron chi connectivity index (χ4n) is 4.29. The number of benzene rings is 1. The van der Waals surface area contributed by atoms with Gasteiger partial charge >= 0.3 is 0 Å². The molecule has 3 amide bonds. The standard InChI is InChI=1S/C21H28N4O3/c1-21(2)12-24(10-9-16(21)22)17(26)11-23-19(27)18-14-5-3-4-6-15(14)20(28)25(18)13-7-8-13/h3-6,13,16,18H,7-12,22H2,1-2H3,(H,23,27). The van der Waals surface area contributed by atoms with Crippen molar-refractivity contribution in [3.8, 4) is 0 Å². The molecule has 4 rings (SSSR count). The first-order valence-electron chi connectivity index (χ1n) is 10.0. The first kappa shape index (κ1) is 18.9. The van der Waals surface area contributed by atoms with Crippen molar-refractivity contribution in [1.29, 1.82) is 0 Å². The number of fused-ring (bicyclic) bond motifs is 1. The molecule has 1 aromatic rings. The van der Waals surface area contributed by atoms with Gasteiger partial charge in [-0.1, -0.05) is 32.0 Å². The highest BCUT2D eigenvalue weighted by atomic mass is 16.2. The number of nitrogens with two attached hydrogens (primary N) is 1. The maximum atomic E-state index is 13.0. The first-order chi connectivity index (χ1) is 13.3. The van der Waals surface area contributed by atoms with Crippen LogP contribution in [0.1, 0.15) is 55.1 Å². The van der Waals surface area contributed by atoms with Crippen molar-refractivity contribution in [2.24, 2.45) is 11.1 Å². The third-order valence-electron chi connectivity index (χ3n) is 6.27. The average molecular weight is 384 g/mol. The van der Waals surface area contributed by atoms with Crippen LogP contribution in [0, 0.1) is 5.41 Å². The van der Waals surface area contributed by atoms with E-state index in [1.807, 2.05) is 18.2 Å². The van der Waals surface area contributed by atoms with Gasteiger partial charge in [-0.3, -0.25) is 14.4 Å². The smallest absolute Gasteiger partial charge is 0.255 e. The Bertz CT molecular complexity index is 818. The summed E-state index contributed by atoms with van der Waals surface area (Å²) in [6.45, 7) is 5.25. The molecule has 1 aromatic carbocycles. The van der Waals surface area contributed by atoms with Gasteiger partial charge in [0.25, 0.3) is 5.91 Å². The molecular formula is C21H28N4O3. The van der Waals surface area contributed by atoms with Crippen LogP contribution < -0.4 is 11.1 Å². The molecule has 3 aliphatic rings. The zero-order chi connectivity index (χ0) is 20.1. The van der Waals surface area contributed by atoms with E-state index in [1.165, 1.54) is 0 Å². The highest BCUT2D eigenvalue weighted by molar-refractivity contribution is 6.05. The number of hydrogen-bond donors (Lipinski definition) is 2. The van der Waals surface area contributed by atoms with Crippen molar-refractivity contribution in [3.05, 3.63) is 35.4 Å². The minimum Gasteiger partial charge on any atom is -0.345 e. The summed E-state index contributed by atoms with van der Waals surface area (Å²) < 4.78 is 0. The van der Waals surface area contributed by atoms with Gasteiger partial charge in [0.1, 0.15) is 6.04 Å². The second-order valence-electron chi connectivity index (χ2n) is 8.85. The molecule has 28 heavy (non-hydrogen) atoms. The van der Waals surface area contributed by atoms with Crippen LogP contribution in [0.3, 0.4) is 0 Å². The minimum absolute atomic E-state index is 0.0600. The van der Waals surface area contributed by atoms with E-state index in [0.717, 1.165) is 24.8 Å². The van der Waals surface area contributed by atoms with Gasteiger partial charge in [-0.2, -0.15) is 0 Å². The van der Waals surface area contributed by atoms with Crippen molar-refractivity contribution < 1.29 is 14.4 Å². The lowest BCUT2D eigenvalue weighted by Crippen LogP contribution is -2.55. The Morgan fingerprint density at radius 1 is 1.21 bits per heavy atom. The topological polar surface area (TPSA) is 95.7 Å². The number of piperidine rings is 1. The van der Waals surface area contributed by atoms with Gasteiger partial charge in [0.05, 0.1) is 6.54 Å². The molecule has 0 bridgehead atoms. The Morgan fingerprint density at radius 2 is 1.93 bits per heavy atom. The van der Waals surface area contributed by atoms with Crippen molar-refractivity contribution in [2.45, 2.75) is 51.2 Å².